The average molecular weight is 286 g/mol. The maximum atomic E-state index is 11.7. The van der Waals surface area contributed by atoms with E-state index < -0.39 is 5.97 Å². The Labute approximate surface area is 120 Å². The minimum atomic E-state index is -0.764. The highest BCUT2D eigenvalue weighted by Gasteiger charge is 2.26. The number of carboxylic acids is 1. The number of likely N-dealkylation sites (tertiary alicyclic amines) is 1. The lowest BCUT2D eigenvalue weighted by Gasteiger charge is -2.29. The first-order chi connectivity index (χ1) is 9.63. The number of amides is 1. The van der Waals surface area contributed by atoms with Crippen LogP contribution >= 0.6 is 0 Å². The standard InChI is InChI=1S/C14H26N2O4/c1-2-3-8-20-9-6-15-13(17)11-16-7-4-5-12(10-16)14(18)19/h12H,2-11H2,1H3,(H,15,17)(H,18,19). The van der Waals surface area contributed by atoms with Crippen LogP contribution in [0.25, 0.3) is 0 Å². The molecule has 1 heterocycles. The normalized spacial score (nSPS) is 19.8. The van der Waals surface area contributed by atoms with Gasteiger partial charge in [-0.3, -0.25) is 14.5 Å². The van der Waals surface area contributed by atoms with E-state index in [-0.39, 0.29) is 18.4 Å². The number of aliphatic carboxylic acids is 1. The van der Waals surface area contributed by atoms with Crippen LogP contribution in [0, 0.1) is 5.92 Å². The second kappa shape index (κ2) is 9.72. The summed E-state index contributed by atoms with van der Waals surface area (Å²) < 4.78 is 5.36. The van der Waals surface area contributed by atoms with Crippen LogP contribution in [-0.4, -0.2) is 61.3 Å². The molecule has 1 saturated heterocycles. The molecule has 1 rings (SSSR count). The predicted octanol–water partition coefficient (Wildman–Crippen LogP) is 0.716. The van der Waals surface area contributed by atoms with Crippen molar-refractivity contribution in [3.63, 3.8) is 0 Å². The second-order valence-electron chi connectivity index (χ2n) is 5.23. The van der Waals surface area contributed by atoms with Gasteiger partial charge in [0, 0.05) is 19.7 Å². The number of rotatable bonds is 9. The molecule has 0 radical (unpaired) electrons. The summed E-state index contributed by atoms with van der Waals surface area (Å²) in [6, 6.07) is 0. The van der Waals surface area contributed by atoms with Gasteiger partial charge in [0.05, 0.1) is 19.1 Å². The fourth-order valence-electron chi connectivity index (χ4n) is 2.27. The highest BCUT2D eigenvalue weighted by Crippen LogP contribution is 2.15. The average Bonchev–Trinajstić information content (AvgIpc) is 2.43. The number of carbonyl (C=O) groups is 2. The van der Waals surface area contributed by atoms with Crippen LogP contribution in [-0.2, 0) is 14.3 Å². The molecule has 20 heavy (non-hydrogen) atoms. The molecule has 1 aliphatic rings. The minimum absolute atomic E-state index is 0.0601. The minimum Gasteiger partial charge on any atom is -0.481 e. The number of nitrogens with zero attached hydrogens (tertiary/aromatic N) is 1. The molecule has 1 atom stereocenters. The van der Waals surface area contributed by atoms with Gasteiger partial charge < -0.3 is 15.2 Å². The fraction of sp³-hybridized carbons (Fsp3) is 0.857. The maximum absolute atomic E-state index is 11.7. The van der Waals surface area contributed by atoms with Gasteiger partial charge in [0.25, 0.3) is 0 Å². The Morgan fingerprint density at radius 3 is 2.90 bits per heavy atom. The van der Waals surface area contributed by atoms with E-state index in [2.05, 4.69) is 12.2 Å². The largest absolute Gasteiger partial charge is 0.481 e. The number of carbonyl (C=O) groups excluding carboxylic acids is 1. The quantitative estimate of drug-likeness (QED) is 0.611. The predicted molar refractivity (Wildman–Crippen MR) is 75.5 cm³/mol. The molecule has 0 spiro atoms. The zero-order valence-electron chi connectivity index (χ0n) is 12.3. The first kappa shape index (κ1) is 16.9. The van der Waals surface area contributed by atoms with E-state index in [9.17, 15) is 9.59 Å². The van der Waals surface area contributed by atoms with E-state index in [0.29, 0.717) is 26.1 Å². The van der Waals surface area contributed by atoms with Gasteiger partial charge >= 0.3 is 5.97 Å². The van der Waals surface area contributed by atoms with Gasteiger partial charge in [-0.2, -0.15) is 0 Å². The topological polar surface area (TPSA) is 78.9 Å². The molecule has 1 fully saturated rings. The zero-order chi connectivity index (χ0) is 14.8. The molecule has 6 nitrogen and oxygen atoms in total. The first-order valence-electron chi connectivity index (χ1n) is 7.43. The highest BCUT2D eigenvalue weighted by atomic mass is 16.5. The summed E-state index contributed by atoms with van der Waals surface area (Å²) in [5, 5.41) is 11.8. The summed E-state index contributed by atoms with van der Waals surface area (Å²) in [5.74, 6) is -1.16. The van der Waals surface area contributed by atoms with Crippen molar-refractivity contribution < 1.29 is 19.4 Å². The molecule has 1 aliphatic heterocycles. The molecule has 0 aromatic heterocycles. The summed E-state index contributed by atoms with van der Waals surface area (Å²) in [5.41, 5.74) is 0. The molecule has 0 aromatic carbocycles. The van der Waals surface area contributed by atoms with Crippen molar-refractivity contribution in [1.29, 1.82) is 0 Å². The van der Waals surface area contributed by atoms with Crippen LogP contribution < -0.4 is 5.32 Å². The molecular weight excluding hydrogens is 260 g/mol. The SMILES string of the molecule is CCCCOCCNC(=O)CN1CCCC(C(=O)O)C1. The Morgan fingerprint density at radius 1 is 1.40 bits per heavy atom. The number of unbranched alkanes of at least 4 members (excludes halogenated alkanes) is 1. The molecule has 0 bridgehead atoms. The smallest absolute Gasteiger partial charge is 0.307 e. The Kier molecular flexibility index (Phi) is 8.22. The lowest BCUT2D eigenvalue weighted by Crippen LogP contribution is -2.44. The van der Waals surface area contributed by atoms with Crippen LogP contribution in [0.2, 0.25) is 0 Å². The first-order valence-corrected chi connectivity index (χ1v) is 7.43. The van der Waals surface area contributed by atoms with E-state index in [1.165, 1.54) is 0 Å². The highest BCUT2D eigenvalue weighted by molar-refractivity contribution is 5.78. The van der Waals surface area contributed by atoms with Gasteiger partial charge in [0.15, 0.2) is 0 Å². The summed E-state index contributed by atoms with van der Waals surface area (Å²) in [7, 11) is 0. The molecule has 0 saturated carbocycles. The van der Waals surface area contributed by atoms with Crippen molar-refractivity contribution in [3.05, 3.63) is 0 Å². The van der Waals surface area contributed by atoms with Crippen LogP contribution in [0.1, 0.15) is 32.6 Å². The third-order valence-corrected chi connectivity index (χ3v) is 3.43. The van der Waals surface area contributed by atoms with Gasteiger partial charge in [-0.15, -0.1) is 0 Å². The van der Waals surface area contributed by atoms with Crippen molar-refractivity contribution >= 4 is 11.9 Å². The molecule has 0 aromatic rings. The Balaban J connectivity index is 2.10. The molecule has 6 heteroatoms. The van der Waals surface area contributed by atoms with Crippen molar-refractivity contribution in [3.8, 4) is 0 Å². The number of hydrogen-bond acceptors (Lipinski definition) is 4. The van der Waals surface area contributed by atoms with Crippen LogP contribution in [0.5, 0.6) is 0 Å². The zero-order valence-corrected chi connectivity index (χ0v) is 12.3. The Morgan fingerprint density at radius 2 is 2.20 bits per heavy atom. The summed E-state index contributed by atoms with van der Waals surface area (Å²) in [6.07, 6.45) is 3.69. The van der Waals surface area contributed by atoms with E-state index in [1.807, 2.05) is 4.90 Å². The Bertz CT molecular complexity index is 310. The van der Waals surface area contributed by atoms with Crippen LogP contribution in [0.4, 0.5) is 0 Å². The van der Waals surface area contributed by atoms with E-state index in [0.717, 1.165) is 32.4 Å². The maximum Gasteiger partial charge on any atom is 0.307 e. The fourth-order valence-corrected chi connectivity index (χ4v) is 2.27. The Hall–Kier alpha value is -1.14. The number of carboxylic acid groups (broad SMARTS) is 1. The lowest BCUT2D eigenvalue weighted by molar-refractivity contribution is -0.144. The van der Waals surface area contributed by atoms with E-state index in [4.69, 9.17) is 9.84 Å². The van der Waals surface area contributed by atoms with Gasteiger partial charge in [0.2, 0.25) is 5.91 Å². The molecule has 0 aliphatic carbocycles. The number of hydrogen-bond donors (Lipinski definition) is 2. The molecule has 1 unspecified atom stereocenters. The van der Waals surface area contributed by atoms with Crippen molar-refractivity contribution in [2.45, 2.75) is 32.6 Å². The van der Waals surface area contributed by atoms with Gasteiger partial charge in [-0.25, -0.2) is 0 Å². The molecular formula is C14H26N2O4. The lowest BCUT2D eigenvalue weighted by atomic mass is 9.98. The second-order valence-corrected chi connectivity index (χ2v) is 5.23. The monoisotopic (exact) mass is 286 g/mol. The van der Waals surface area contributed by atoms with Crippen molar-refractivity contribution in [1.82, 2.24) is 10.2 Å². The van der Waals surface area contributed by atoms with Crippen LogP contribution in [0.15, 0.2) is 0 Å². The third-order valence-electron chi connectivity index (χ3n) is 3.43. The molecule has 116 valence electrons. The molecule has 2 N–H and O–H groups in total. The van der Waals surface area contributed by atoms with Gasteiger partial charge in [0.1, 0.15) is 0 Å². The van der Waals surface area contributed by atoms with Crippen molar-refractivity contribution in [2.24, 2.45) is 5.92 Å². The number of ether oxygens (including phenoxy) is 1. The van der Waals surface area contributed by atoms with E-state index in [1.54, 1.807) is 0 Å². The summed E-state index contributed by atoms with van der Waals surface area (Å²) >= 11 is 0. The summed E-state index contributed by atoms with van der Waals surface area (Å²) in [6.45, 7) is 5.42. The third kappa shape index (κ3) is 6.86. The van der Waals surface area contributed by atoms with Gasteiger partial charge in [-0.05, 0) is 25.8 Å². The summed E-state index contributed by atoms with van der Waals surface area (Å²) in [4.78, 5) is 24.6. The van der Waals surface area contributed by atoms with Crippen LogP contribution in [0.3, 0.4) is 0 Å². The number of piperidine rings is 1. The van der Waals surface area contributed by atoms with Gasteiger partial charge in [-0.1, -0.05) is 13.3 Å². The van der Waals surface area contributed by atoms with E-state index >= 15 is 0 Å². The molecule has 1 amide bonds. The number of nitrogens with one attached hydrogen (secondary N) is 1. The van der Waals surface area contributed by atoms with Crippen molar-refractivity contribution in [2.75, 3.05) is 39.4 Å².